The lowest BCUT2D eigenvalue weighted by Gasteiger charge is -2.02. The van der Waals surface area contributed by atoms with Crippen LogP contribution in [0.3, 0.4) is 0 Å². The quantitative estimate of drug-likeness (QED) is 0.526. The van der Waals surface area contributed by atoms with Crippen LogP contribution < -0.4 is 5.48 Å². The number of hydrogen-bond donors (Lipinski definition) is 1. The van der Waals surface area contributed by atoms with Crippen LogP contribution in [-0.2, 0) is 9.63 Å². The zero-order valence-corrected chi connectivity index (χ0v) is 5.10. The third-order valence-electron chi connectivity index (χ3n) is 0.581. The van der Waals surface area contributed by atoms with E-state index >= 15 is 0 Å². The molecule has 0 saturated heterocycles. The first-order valence-corrected chi connectivity index (χ1v) is 2.56. The minimum atomic E-state index is -0.324. The van der Waals surface area contributed by atoms with Gasteiger partial charge in [0, 0.05) is 0 Å². The van der Waals surface area contributed by atoms with E-state index in [0.29, 0.717) is 6.61 Å². The van der Waals surface area contributed by atoms with Gasteiger partial charge in [-0.3, -0.25) is 4.79 Å². The van der Waals surface area contributed by atoms with Gasteiger partial charge in [-0.15, -0.1) is 0 Å². The number of hydroxylamine groups is 1. The Hall–Kier alpha value is -0.410. The Labute approximate surface area is 49.0 Å². The minimum Gasteiger partial charge on any atom is -0.301 e. The van der Waals surface area contributed by atoms with Crippen molar-refractivity contribution in [3.05, 3.63) is 0 Å². The van der Waals surface area contributed by atoms with Crippen molar-refractivity contribution < 1.29 is 9.63 Å². The molecular weight excluding hydrogens is 106 g/mol. The Balaban J connectivity index is 2.98. The van der Waals surface area contributed by atoms with Crippen LogP contribution in [0.5, 0.6) is 0 Å². The molecule has 1 radical (unpaired) electrons. The van der Waals surface area contributed by atoms with Crippen molar-refractivity contribution in [1.29, 1.82) is 0 Å². The first-order valence-electron chi connectivity index (χ1n) is 2.56. The predicted octanol–water partition coefficient (Wildman–Crippen LogP) is 0.0257. The van der Waals surface area contributed by atoms with Gasteiger partial charge in [-0.1, -0.05) is 0 Å². The van der Waals surface area contributed by atoms with E-state index in [-0.39, 0.29) is 6.04 Å². The molecule has 1 N–H and O–H groups in total. The van der Waals surface area contributed by atoms with Gasteiger partial charge >= 0.3 is 0 Å². The van der Waals surface area contributed by atoms with Crippen LogP contribution in [0.25, 0.3) is 0 Å². The van der Waals surface area contributed by atoms with E-state index in [1.54, 1.807) is 13.2 Å². The first-order chi connectivity index (χ1) is 3.81. The predicted molar refractivity (Wildman–Crippen MR) is 29.9 cm³/mol. The van der Waals surface area contributed by atoms with Gasteiger partial charge in [0.2, 0.25) is 6.29 Å². The highest BCUT2D eigenvalue weighted by Gasteiger charge is 1.95. The summed E-state index contributed by atoms with van der Waals surface area (Å²) < 4.78 is 0. The zero-order valence-electron chi connectivity index (χ0n) is 5.10. The molecule has 0 saturated carbocycles. The largest absolute Gasteiger partial charge is 0.301 e. The molecule has 0 aromatic rings. The summed E-state index contributed by atoms with van der Waals surface area (Å²) in [6, 6.07) is -0.324. The number of carbonyl (C=O) groups excluding carboxylic acids is 1. The Kier molecular flexibility index (Phi) is 4.50. The molecule has 1 atom stereocenters. The SMILES string of the molecule is CCONC(C)[C]=O. The average Bonchev–Trinajstić information content (AvgIpc) is 1.83. The van der Waals surface area contributed by atoms with Crippen molar-refractivity contribution >= 4 is 6.29 Å². The van der Waals surface area contributed by atoms with Crippen LogP contribution in [0, 0.1) is 0 Å². The summed E-state index contributed by atoms with van der Waals surface area (Å²) in [6.45, 7) is 4.07. The van der Waals surface area contributed by atoms with Crippen molar-refractivity contribution in [2.24, 2.45) is 0 Å². The third-order valence-corrected chi connectivity index (χ3v) is 0.581. The Morgan fingerprint density at radius 3 is 2.88 bits per heavy atom. The molecule has 0 aliphatic heterocycles. The van der Waals surface area contributed by atoms with Gasteiger partial charge in [0.25, 0.3) is 0 Å². The summed E-state index contributed by atoms with van der Waals surface area (Å²) in [5, 5.41) is 0. The van der Waals surface area contributed by atoms with Crippen molar-refractivity contribution in [3.63, 3.8) is 0 Å². The summed E-state index contributed by atoms with van der Waals surface area (Å²) >= 11 is 0. The van der Waals surface area contributed by atoms with Crippen LogP contribution in [0.2, 0.25) is 0 Å². The maximum absolute atomic E-state index is 9.74. The van der Waals surface area contributed by atoms with Crippen molar-refractivity contribution in [2.45, 2.75) is 19.9 Å². The highest BCUT2D eigenvalue weighted by Crippen LogP contribution is 1.72. The number of hydrogen-bond acceptors (Lipinski definition) is 3. The smallest absolute Gasteiger partial charge is 0.219 e. The van der Waals surface area contributed by atoms with Crippen molar-refractivity contribution in [3.8, 4) is 0 Å². The molecule has 0 amide bonds. The van der Waals surface area contributed by atoms with E-state index in [0.717, 1.165) is 0 Å². The second kappa shape index (κ2) is 4.74. The standard InChI is InChI=1S/C5H10NO2/c1-3-8-6-5(2)4-7/h5-6H,3H2,1-2H3. The Morgan fingerprint density at radius 1 is 1.88 bits per heavy atom. The van der Waals surface area contributed by atoms with E-state index < -0.39 is 0 Å². The zero-order chi connectivity index (χ0) is 6.41. The van der Waals surface area contributed by atoms with Gasteiger partial charge in [0.15, 0.2) is 0 Å². The van der Waals surface area contributed by atoms with Gasteiger partial charge in [-0.05, 0) is 13.8 Å². The molecular formula is C5H10NO2. The Bertz CT molecular complexity index is 65.4. The lowest BCUT2D eigenvalue weighted by molar-refractivity contribution is 0.0427. The molecule has 47 valence electrons. The maximum atomic E-state index is 9.74. The molecule has 0 aliphatic carbocycles. The molecule has 8 heavy (non-hydrogen) atoms. The molecule has 0 spiro atoms. The van der Waals surface area contributed by atoms with Crippen LogP contribution >= 0.6 is 0 Å². The lowest BCUT2D eigenvalue weighted by Crippen LogP contribution is -2.27. The fourth-order valence-electron chi connectivity index (χ4n) is 0.232. The maximum Gasteiger partial charge on any atom is 0.219 e. The molecule has 0 rings (SSSR count). The van der Waals surface area contributed by atoms with E-state index in [1.165, 1.54) is 0 Å². The van der Waals surface area contributed by atoms with Crippen LogP contribution in [0.4, 0.5) is 0 Å². The van der Waals surface area contributed by atoms with Crippen molar-refractivity contribution in [1.82, 2.24) is 5.48 Å². The van der Waals surface area contributed by atoms with Crippen LogP contribution in [-0.4, -0.2) is 18.9 Å². The third kappa shape index (κ3) is 3.77. The molecule has 3 nitrogen and oxygen atoms in total. The highest BCUT2D eigenvalue weighted by molar-refractivity contribution is 5.57. The molecule has 3 heteroatoms. The highest BCUT2D eigenvalue weighted by atomic mass is 16.6. The molecule has 0 fully saturated rings. The minimum absolute atomic E-state index is 0.324. The number of rotatable bonds is 4. The van der Waals surface area contributed by atoms with Gasteiger partial charge in [0.05, 0.1) is 12.6 Å². The monoisotopic (exact) mass is 116 g/mol. The van der Waals surface area contributed by atoms with Gasteiger partial charge < -0.3 is 4.84 Å². The molecule has 0 aromatic heterocycles. The fraction of sp³-hybridized carbons (Fsp3) is 0.800. The Morgan fingerprint density at radius 2 is 2.50 bits per heavy atom. The molecule has 1 unspecified atom stereocenters. The normalized spacial score (nSPS) is 13.2. The molecule has 0 heterocycles. The summed E-state index contributed by atoms with van der Waals surface area (Å²) in [5.41, 5.74) is 2.46. The molecule has 0 bridgehead atoms. The van der Waals surface area contributed by atoms with Gasteiger partial charge in [-0.2, -0.15) is 5.48 Å². The van der Waals surface area contributed by atoms with Gasteiger partial charge in [-0.25, -0.2) is 0 Å². The fourth-order valence-corrected chi connectivity index (χ4v) is 0.232. The van der Waals surface area contributed by atoms with E-state index in [9.17, 15) is 4.79 Å². The average molecular weight is 116 g/mol. The van der Waals surface area contributed by atoms with Crippen LogP contribution in [0.15, 0.2) is 0 Å². The summed E-state index contributed by atoms with van der Waals surface area (Å²) in [6.07, 6.45) is 1.71. The van der Waals surface area contributed by atoms with E-state index in [2.05, 4.69) is 10.3 Å². The summed E-state index contributed by atoms with van der Waals surface area (Å²) in [4.78, 5) is 14.4. The lowest BCUT2D eigenvalue weighted by atomic mass is 10.4. The second-order valence-electron chi connectivity index (χ2n) is 1.39. The van der Waals surface area contributed by atoms with Gasteiger partial charge in [0.1, 0.15) is 0 Å². The summed E-state index contributed by atoms with van der Waals surface area (Å²) in [7, 11) is 0. The van der Waals surface area contributed by atoms with E-state index in [1.807, 2.05) is 6.92 Å². The molecule has 0 aliphatic rings. The number of nitrogens with one attached hydrogen (secondary N) is 1. The second-order valence-corrected chi connectivity index (χ2v) is 1.39. The van der Waals surface area contributed by atoms with E-state index in [4.69, 9.17) is 0 Å². The topological polar surface area (TPSA) is 38.3 Å². The first kappa shape index (κ1) is 7.59. The van der Waals surface area contributed by atoms with Crippen LogP contribution in [0.1, 0.15) is 13.8 Å². The molecule has 0 aromatic carbocycles. The summed E-state index contributed by atoms with van der Waals surface area (Å²) in [5.74, 6) is 0. The van der Waals surface area contributed by atoms with Crippen molar-refractivity contribution in [2.75, 3.05) is 6.61 Å².